The molecule has 1 heterocycles. The second kappa shape index (κ2) is 5.56. The summed E-state index contributed by atoms with van der Waals surface area (Å²) >= 11 is 0. The molecular weight excluding hydrogens is 263 g/mol. The highest BCUT2D eigenvalue weighted by molar-refractivity contribution is 5.97. The Morgan fingerprint density at radius 3 is 2.75 bits per heavy atom. The molecule has 1 amide bonds. The minimum absolute atomic E-state index is 0.147. The lowest BCUT2D eigenvalue weighted by Crippen LogP contribution is -2.60. The van der Waals surface area contributed by atoms with Crippen LogP contribution >= 0.6 is 0 Å². The Morgan fingerprint density at radius 1 is 1.45 bits per heavy atom. The van der Waals surface area contributed by atoms with Gasteiger partial charge in [0.05, 0.1) is 5.56 Å². The molecule has 5 nitrogen and oxygen atoms in total. The van der Waals surface area contributed by atoms with Gasteiger partial charge in [0.15, 0.2) is 0 Å². The van der Waals surface area contributed by atoms with Gasteiger partial charge in [-0.2, -0.15) is 4.39 Å². The van der Waals surface area contributed by atoms with E-state index in [4.69, 9.17) is 0 Å². The minimum Gasteiger partial charge on any atom is -0.479 e. The van der Waals surface area contributed by atoms with Gasteiger partial charge in [-0.1, -0.05) is 19.8 Å². The molecule has 1 fully saturated rings. The van der Waals surface area contributed by atoms with Crippen LogP contribution in [0.2, 0.25) is 0 Å². The average Bonchev–Trinajstić information content (AvgIpc) is 2.42. The molecule has 0 radical (unpaired) electrons. The second-order valence-electron chi connectivity index (χ2n) is 5.25. The molecule has 2 unspecified atom stereocenters. The molecule has 0 spiro atoms. The van der Waals surface area contributed by atoms with E-state index in [1.54, 1.807) is 0 Å². The highest BCUT2D eigenvalue weighted by atomic mass is 19.1. The number of carboxylic acid groups (broad SMARTS) is 1. The molecule has 1 aromatic rings. The zero-order valence-corrected chi connectivity index (χ0v) is 11.2. The smallest absolute Gasteiger partial charge is 0.329 e. The van der Waals surface area contributed by atoms with Crippen molar-refractivity contribution in [1.82, 2.24) is 10.3 Å². The van der Waals surface area contributed by atoms with E-state index < -0.39 is 23.4 Å². The third-order valence-electron chi connectivity index (χ3n) is 4.01. The molecule has 1 aliphatic rings. The van der Waals surface area contributed by atoms with Gasteiger partial charge >= 0.3 is 5.97 Å². The average molecular weight is 280 g/mol. The first-order valence-corrected chi connectivity index (χ1v) is 6.63. The molecule has 1 aromatic heterocycles. The van der Waals surface area contributed by atoms with Crippen molar-refractivity contribution in [3.05, 3.63) is 29.8 Å². The molecule has 2 N–H and O–H groups in total. The SMILES string of the molecule is CC1CCCCC1(NC(=O)c1ccc(F)nc1)C(=O)O. The number of nitrogens with one attached hydrogen (secondary N) is 1. The molecule has 0 aliphatic heterocycles. The highest BCUT2D eigenvalue weighted by Gasteiger charge is 2.46. The van der Waals surface area contributed by atoms with Gasteiger partial charge in [-0.3, -0.25) is 4.79 Å². The number of rotatable bonds is 3. The lowest BCUT2D eigenvalue weighted by atomic mass is 9.73. The first kappa shape index (κ1) is 14.4. The van der Waals surface area contributed by atoms with E-state index in [-0.39, 0.29) is 11.5 Å². The lowest BCUT2D eigenvalue weighted by Gasteiger charge is -2.39. The Balaban J connectivity index is 2.22. The van der Waals surface area contributed by atoms with E-state index in [0.717, 1.165) is 31.5 Å². The first-order chi connectivity index (χ1) is 9.45. The number of aliphatic carboxylic acids is 1. The Labute approximate surface area is 116 Å². The molecule has 0 aromatic carbocycles. The number of halogens is 1. The Morgan fingerprint density at radius 2 is 2.20 bits per heavy atom. The number of carbonyl (C=O) groups excluding carboxylic acids is 1. The molecule has 1 aliphatic carbocycles. The Hall–Kier alpha value is -1.98. The van der Waals surface area contributed by atoms with Crippen LogP contribution in [0.5, 0.6) is 0 Å². The normalized spacial score (nSPS) is 26.0. The summed E-state index contributed by atoms with van der Waals surface area (Å²) in [5, 5.41) is 12.1. The van der Waals surface area contributed by atoms with Crippen molar-refractivity contribution in [2.75, 3.05) is 0 Å². The van der Waals surface area contributed by atoms with Gasteiger partial charge in [0.1, 0.15) is 5.54 Å². The van der Waals surface area contributed by atoms with Crippen molar-refractivity contribution in [3.8, 4) is 0 Å². The van der Waals surface area contributed by atoms with Crippen molar-refractivity contribution in [2.45, 2.75) is 38.1 Å². The number of hydrogen-bond donors (Lipinski definition) is 2. The van der Waals surface area contributed by atoms with E-state index in [2.05, 4.69) is 10.3 Å². The number of pyridine rings is 1. The molecule has 1 saturated carbocycles. The largest absolute Gasteiger partial charge is 0.479 e. The van der Waals surface area contributed by atoms with Crippen LogP contribution < -0.4 is 5.32 Å². The number of hydrogen-bond acceptors (Lipinski definition) is 3. The topological polar surface area (TPSA) is 79.3 Å². The van der Waals surface area contributed by atoms with Gasteiger partial charge in [-0.05, 0) is 30.9 Å². The highest BCUT2D eigenvalue weighted by Crippen LogP contribution is 2.34. The van der Waals surface area contributed by atoms with Crippen molar-refractivity contribution >= 4 is 11.9 Å². The Kier molecular flexibility index (Phi) is 4.01. The molecule has 0 saturated heterocycles. The van der Waals surface area contributed by atoms with E-state index >= 15 is 0 Å². The Bertz CT molecular complexity index is 518. The van der Waals surface area contributed by atoms with E-state index in [9.17, 15) is 19.1 Å². The number of aromatic nitrogens is 1. The van der Waals surface area contributed by atoms with Crippen molar-refractivity contribution in [1.29, 1.82) is 0 Å². The zero-order valence-electron chi connectivity index (χ0n) is 11.2. The monoisotopic (exact) mass is 280 g/mol. The van der Waals surface area contributed by atoms with Crippen LogP contribution in [0.3, 0.4) is 0 Å². The summed E-state index contributed by atoms with van der Waals surface area (Å²) in [7, 11) is 0. The van der Waals surface area contributed by atoms with Crippen LogP contribution in [-0.4, -0.2) is 27.5 Å². The zero-order chi connectivity index (χ0) is 14.8. The maximum atomic E-state index is 12.7. The van der Waals surface area contributed by atoms with Gasteiger partial charge in [-0.15, -0.1) is 0 Å². The maximum Gasteiger partial charge on any atom is 0.329 e. The predicted molar refractivity (Wildman–Crippen MR) is 69.7 cm³/mol. The van der Waals surface area contributed by atoms with Gasteiger partial charge < -0.3 is 10.4 Å². The summed E-state index contributed by atoms with van der Waals surface area (Å²) in [5.41, 5.74) is -1.09. The summed E-state index contributed by atoms with van der Waals surface area (Å²) in [5.74, 6) is -2.38. The number of amides is 1. The second-order valence-corrected chi connectivity index (χ2v) is 5.25. The van der Waals surface area contributed by atoms with Gasteiger partial charge in [-0.25, -0.2) is 9.78 Å². The third kappa shape index (κ3) is 2.64. The summed E-state index contributed by atoms with van der Waals surface area (Å²) < 4.78 is 12.7. The minimum atomic E-state index is -1.25. The van der Waals surface area contributed by atoms with Crippen LogP contribution in [0.4, 0.5) is 4.39 Å². The summed E-state index contributed by atoms with van der Waals surface area (Å²) in [6.45, 7) is 1.83. The number of carboxylic acids is 1. The van der Waals surface area contributed by atoms with Gasteiger partial charge in [0.25, 0.3) is 5.91 Å². The van der Waals surface area contributed by atoms with Crippen molar-refractivity contribution in [3.63, 3.8) is 0 Å². The van der Waals surface area contributed by atoms with Crippen LogP contribution in [0.15, 0.2) is 18.3 Å². The van der Waals surface area contributed by atoms with Crippen LogP contribution in [-0.2, 0) is 4.79 Å². The van der Waals surface area contributed by atoms with Gasteiger partial charge in [0.2, 0.25) is 5.95 Å². The standard InChI is InChI=1S/C14H17FN2O3/c1-9-4-2-3-7-14(9,13(19)20)17-12(18)10-5-6-11(15)16-8-10/h5-6,8-9H,2-4,7H2,1H3,(H,17,18)(H,19,20). The quantitative estimate of drug-likeness (QED) is 0.830. The maximum absolute atomic E-state index is 12.7. The van der Waals surface area contributed by atoms with Crippen molar-refractivity contribution < 1.29 is 19.1 Å². The molecule has 2 atom stereocenters. The first-order valence-electron chi connectivity index (χ1n) is 6.63. The van der Waals surface area contributed by atoms with Crippen LogP contribution in [0, 0.1) is 11.9 Å². The summed E-state index contributed by atoms with van der Waals surface area (Å²) in [6, 6.07) is 2.37. The fourth-order valence-corrected chi connectivity index (χ4v) is 2.69. The molecule has 108 valence electrons. The number of carbonyl (C=O) groups is 2. The lowest BCUT2D eigenvalue weighted by molar-refractivity contribution is -0.148. The summed E-state index contributed by atoms with van der Waals surface area (Å²) in [6.07, 6.45) is 3.99. The third-order valence-corrected chi connectivity index (χ3v) is 4.01. The van der Waals surface area contributed by atoms with E-state index in [1.165, 1.54) is 6.07 Å². The van der Waals surface area contributed by atoms with Crippen LogP contribution in [0.25, 0.3) is 0 Å². The van der Waals surface area contributed by atoms with Crippen molar-refractivity contribution in [2.24, 2.45) is 5.92 Å². The molecule has 2 rings (SSSR count). The number of nitrogens with zero attached hydrogens (tertiary/aromatic N) is 1. The molecule has 0 bridgehead atoms. The fourth-order valence-electron chi connectivity index (χ4n) is 2.69. The molecular formula is C14H17FN2O3. The summed E-state index contributed by atoms with van der Waals surface area (Å²) in [4.78, 5) is 27.2. The van der Waals surface area contributed by atoms with Crippen LogP contribution in [0.1, 0.15) is 43.0 Å². The molecule has 20 heavy (non-hydrogen) atoms. The van der Waals surface area contributed by atoms with E-state index in [1.807, 2.05) is 6.92 Å². The molecule has 6 heteroatoms. The fraction of sp³-hybridized carbons (Fsp3) is 0.500. The van der Waals surface area contributed by atoms with E-state index in [0.29, 0.717) is 6.42 Å². The van der Waals surface area contributed by atoms with Gasteiger partial charge in [0, 0.05) is 6.20 Å². The predicted octanol–water partition coefficient (Wildman–Crippen LogP) is 1.98.